The summed E-state index contributed by atoms with van der Waals surface area (Å²) in [5, 5.41) is 2.56. The molecule has 0 heterocycles. The fourth-order valence-corrected chi connectivity index (χ4v) is 1.20. The number of benzene rings is 1. The summed E-state index contributed by atoms with van der Waals surface area (Å²) in [7, 11) is 0. The number of hydrogen-bond acceptors (Lipinski definition) is 4. The quantitative estimate of drug-likeness (QED) is 0.655. The normalized spacial score (nSPS) is 11.3. The molecule has 5 heteroatoms. The van der Waals surface area contributed by atoms with Crippen molar-refractivity contribution >= 4 is 17.7 Å². The molecule has 0 aliphatic carbocycles. The van der Waals surface area contributed by atoms with Gasteiger partial charge in [-0.15, -0.1) is 0 Å². The Bertz CT molecular complexity index is 456. The van der Waals surface area contributed by atoms with Crippen LogP contribution >= 0.6 is 0 Å². The maximum Gasteiger partial charge on any atom is 0.412 e. The van der Waals surface area contributed by atoms with Crippen LogP contribution in [0.2, 0.25) is 0 Å². The highest BCUT2D eigenvalue weighted by Gasteiger charge is 2.12. The van der Waals surface area contributed by atoms with Crippen molar-refractivity contribution in [2.75, 3.05) is 11.9 Å². The Kier molecular flexibility index (Phi) is 5.60. The van der Waals surface area contributed by atoms with E-state index in [-0.39, 0.29) is 6.61 Å². The molecule has 0 spiro atoms. The highest BCUT2D eigenvalue weighted by molar-refractivity contribution is 5.87. The van der Waals surface area contributed by atoms with E-state index in [1.807, 2.05) is 6.07 Å². The molecule has 1 amide bonds. The maximum atomic E-state index is 11.5. The van der Waals surface area contributed by atoms with Crippen LogP contribution in [-0.4, -0.2) is 24.8 Å². The fraction of sp³-hybridized carbons (Fsp3) is 0.286. The minimum absolute atomic E-state index is 0.00605. The summed E-state index contributed by atoms with van der Waals surface area (Å²) < 4.78 is 9.90. The van der Waals surface area contributed by atoms with Crippen molar-refractivity contribution in [1.29, 1.82) is 0 Å². The van der Waals surface area contributed by atoms with Crippen molar-refractivity contribution in [2.24, 2.45) is 0 Å². The standard InChI is InChI=1S/C14H17NO4/c1-10(2)13(16)18-9-11(3)19-14(17)15-12-7-5-4-6-8-12/h4-8,11H,1,9H2,2-3H3,(H,15,17). The Morgan fingerprint density at radius 3 is 2.53 bits per heavy atom. The topological polar surface area (TPSA) is 64.6 Å². The average Bonchev–Trinajstić information content (AvgIpc) is 2.36. The predicted octanol–water partition coefficient (Wildman–Crippen LogP) is 2.74. The zero-order valence-corrected chi connectivity index (χ0v) is 11.0. The van der Waals surface area contributed by atoms with Crippen LogP contribution in [0.4, 0.5) is 10.5 Å². The van der Waals surface area contributed by atoms with Crippen molar-refractivity contribution in [2.45, 2.75) is 20.0 Å². The first-order chi connectivity index (χ1) is 8.99. The number of carbonyl (C=O) groups is 2. The lowest BCUT2D eigenvalue weighted by Crippen LogP contribution is -2.25. The molecule has 0 fully saturated rings. The molecule has 1 aromatic rings. The molecular formula is C14H17NO4. The second kappa shape index (κ2) is 7.20. The monoisotopic (exact) mass is 263 g/mol. The second-order valence-electron chi connectivity index (χ2n) is 4.09. The third-order valence-corrected chi connectivity index (χ3v) is 2.13. The van der Waals surface area contributed by atoms with Gasteiger partial charge in [0.1, 0.15) is 12.7 Å². The van der Waals surface area contributed by atoms with Crippen molar-refractivity contribution < 1.29 is 19.1 Å². The van der Waals surface area contributed by atoms with Gasteiger partial charge in [0.15, 0.2) is 0 Å². The van der Waals surface area contributed by atoms with E-state index in [0.717, 1.165) is 0 Å². The molecule has 0 aliphatic heterocycles. The zero-order valence-electron chi connectivity index (χ0n) is 11.0. The van der Waals surface area contributed by atoms with Crippen LogP contribution in [0, 0.1) is 0 Å². The molecule has 1 unspecified atom stereocenters. The Hall–Kier alpha value is -2.30. The van der Waals surface area contributed by atoms with E-state index in [1.54, 1.807) is 38.1 Å². The van der Waals surface area contributed by atoms with Crippen molar-refractivity contribution in [1.82, 2.24) is 0 Å². The molecule has 19 heavy (non-hydrogen) atoms. The number of esters is 1. The summed E-state index contributed by atoms with van der Waals surface area (Å²) in [6.45, 7) is 6.64. The van der Waals surface area contributed by atoms with Crippen molar-refractivity contribution in [3.05, 3.63) is 42.5 Å². The Morgan fingerprint density at radius 2 is 1.95 bits per heavy atom. The minimum atomic E-state index is -0.593. The highest BCUT2D eigenvalue weighted by Crippen LogP contribution is 2.06. The predicted molar refractivity (Wildman–Crippen MR) is 71.8 cm³/mol. The van der Waals surface area contributed by atoms with Crippen molar-refractivity contribution in [3.63, 3.8) is 0 Å². The fourth-order valence-electron chi connectivity index (χ4n) is 1.20. The van der Waals surface area contributed by atoms with Gasteiger partial charge >= 0.3 is 12.1 Å². The molecule has 0 aromatic heterocycles. The molecule has 1 aromatic carbocycles. The van der Waals surface area contributed by atoms with Gasteiger partial charge in [0, 0.05) is 11.3 Å². The summed E-state index contributed by atoms with van der Waals surface area (Å²) in [6, 6.07) is 8.93. The molecule has 0 saturated carbocycles. The van der Waals surface area contributed by atoms with Crippen LogP contribution in [-0.2, 0) is 14.3 Å². The molecule has 1 N–H and O–H groups in total. The van der Waals surface area contributed by atoms with E-state index in [9.17, 15) is 9.59 Å². The summed E-state index contributed by atoms with van der Waals surface area (Å²) in [5.74, 6) is -0.501. The molecule has 0 saturated heterocycles. The summed E-state index contributed by atoms with van der Waals surface area (Å²) >= 11 is 0. The maximum absolute atomic E-state index is 11.5. The summed E-state index contributed by atoms with van der Waals surface area (Å²) in [6.07, 6.45) is -1.13. The third-order valence-electron chi connectivity index (χ3n) is 2.13. The SMILES string of the molecule is C=C(C)C(=O)OCC(C)OC(=O)Nc1ccccc1. The van der Waals surface area contributed by atoms with Gasteiger partial charge in [-0.2, -0.15) is 0 Å². The molecule has 102 valence electrons. The van der Waals surface area contributed by atoms with Crippen LogP contribution in [0.3, 0.4) is 0 Å². The lowest BCUT2D eigenvalue weighted by Gasteiger charge is -2.14. The number of ether oxygens (including phenoxy) is 2. The van der Waals surface area contributed by atoms with E-state index in [1.165, 1.54) is 0 Å². The molecule has 5 nitrogen and oxygen atoms in total. The highest BCUT2D eigenvalue weighted by atomic mass is 16.6. The molecule has 1 atom stereocenters. The summed E-state index contributed by atoms with van der Waals surface area (Å²) in [4.78, 5) is 22.7. The van der Waals surface area contributed by atoms with Gasteiger partial charge in [0.05, 0.1) is 0 Å². The van der Waals surface area contributed by atoms with Crippen LogP contribution in [0.5, 0.6) is 0 Å². The lowest BCUT2D eigenvalue weighted by molar-refractivity contribution is -0.141. The van der Waals surface area contributed by atoms with Crippen LogP contribution in [0.15, 0.2) is 42.5 Å². The molecule has 0 bridgehead atoms. The van der Waals surface area contributed by atoms with Gasteiger partial charge in [0.2, 0.25) is 0 Å². The van der Waals surface area contributed by atoms with E-state index in [4.69, 9.17) is 9.47 Å². The van der Waals surface area contributed by atoms with Gasteiger partial charge in [0.25, 0.3) is 0 Å². The minimum Gasteiger partial charge on any atom is -0.458 e. The Balaban J connectivity index is 2.32. The number of rotatable bonds is 5. The van der Waals surface area contributed by atoms with Gasteiger partial charge in [-0.3, -0.25) is 5.32 Å². The number of amides is 1. The Morgan fingerprint density at radius 1 is 1.32 bits per heavy atom. The number of carbonyl (C=O) groups excluding carboxylic acids is 2. The molecule has 0 aliphatic rings. The first-order valence-corrected chi connectivity index (χ1v) is 5.84. The number of nitrogens with one attached hydrogen (secondary N) is 1. The van der Waals surface area contributed by atoms with E-state index >= 15 is 0 Å². The van der Waals surface area contributed by atoms with Crippen LogP contribution in [0.1, 0.15) is 13.8 Å². The summed E-state index contributed by atoms with van der Waals surface area (Å²) in [5.41, 5.74) is 0.944. The van der Waals surface area contributed by atoms with E-state index in [0.29, 0.717) is 11.3 Å². The van der Waals surface area contributed by atoms with Gasteiger partial charge in [-0.1, -0.05) is 24.8 Å². The Labute approximate surface area is 112 Å². The van der Waals surface area contributed by atoms with Crippen molar-refractivity contribution in [3.8, 4) is 0 Å². The molecular weight excluding hydrogens is 246 g/mol. The van der Waals surface area contributed by atoms with Gasteiger partial charge in [-0.05, 0) is 26.0 Å². The smallest absolute Gasteiger partial charge is 0.412 e. The zero-order chi connectivity index (χ0) is 14.3. The van der Waals surface area contributed by atoms with Crippen LogP contribution < -0.4 is 5.32 Å². The van der Waals surface area contributed by atoms with E-state index < -0.39 is 18.2 Å². The third kappa shape index (κ3) is 5.72. The first-order valence-electron chi connectivity index (χ1n) is 5.84. The van der Waals surface area contributed by atoms with Gasteiger partial charge < -0.3 is 9.47 Å². The largest absolute Gasteiger partial charge is 0.458 e. The first kappa shape index (κ1) is 14.8. The van der Waals surface area contributed by atoms with Crippen LogP contribution in [0.25, 0.3) is 0 Å². The number of hydrogen-bond donors (Lipinski definition) is 1. The number of anilines is 1. The van der Waals surface area contributed by atoms with E-state index in [2.05, 4.69) is 11.9 Å². The lowest BCUT2D eigenvalue weighted by atomic mass is 10.3. The molecule has 1 rings (SSSR count). The second-order valence-corrected chi connectivity index (χ2v) is 4.09. The molecule has 0 radical (unpaired) electrons. The average molecular weight is 263 g/mol. The van der Waals surface area contributed by atoms with Gasteiger partial charge in [-0.25, -0.2) is 9.59 Å². The number of para-hydroxylation sites is 1.